The molecule has 0 aliphatic carbocycles. The lowest BCUT2D eigenvalue weighted by molar-refractivity contribution is -0.127. The lowest BCUT2D eigenvalue weighted by Crippen LogP contribution is -2.47. The van der Waals surface area contributed by atoms with E-state index < -0.39 is 6.04 Å². The molecule has 0 bridgehead atoms. The summed E-state index contributed by atoms with van der Waals surface area (Å²) in [7, 11) is 0. The van der Waals surface area contributed by atoms with Gasteiger partial charge in [-0.3, -0.25) is 14.9 Å². The number of hydrogen-bond acceptors (Lipinski definition) is 5. The molecule has 0 saturated carbocycles. The monoisotopic (exact) mass is 406 g/mol. The summed E-state index contributed by atoms with van der Waals surface area (Å²) in [6, 6.07) is 5.29. The fourth-order valence-electron chi connectivity index (χ4n) is 2.65. The molecule has 0 radical (unpaired) electrons. The van der Waals surface area contributed by atoms with E-state index in [-0.39, 0.29) is 23.5 Å². The Labute approximate surface area is 169 Å². The molecule has 2 amide bonds. The molecule has 2 aromatic rings. The van der Waals surface area contributed by atoms with Crippen LogP contribution in [0, 0.1) is 11.7 Å². The van der Waals surface area contributed by atoms with Gasteiger partial charge in [0.25, 0.3) is 0 Å². The maximum absolute atomic E-state index is 13.1. The van der Waals surface area contributed by atoms with Gasteiger partial charge in [0.1, 0.15) is 16.9 Å². The van der Waals surface area contributed by atoms with Gasteiger partial charge in [-0.25, -0.2) is 4.39 Å². The maximum Gasteiger partial charge on any atom is 0.249 e. The highest BCUT2D eigenvalue weighted by molar-refractivity contribution is 7.18. The maximum atomic E-state index is 13.1. The summed E-state index contributed by atoms with van der Waals surface area (Å²) in [6.45, 7) is 5.99. The Kier molecular flexibility index (Phi) is 8.50. The molecular formula is C20H27FN4O2S. The van der Waals surface area contributed by atoms with Crippen LogP contribution in [-0.2, 0) is 9.59 Å². The molecule has 2 rings (SSSR count). The minimum atomic E-state index is -0.628. The minimum absolute atomic E-state index is 0.0142. The molecule has 1 aromatic heterocycles. The number of unbranched alkanes of at least 4 members (excludes halogenated alkanes) is 2. The molecule has 8 heteroatoms. The average molecular weight is 407 g/mol. The number of rotatable bonds is 10. The van der Waals surface area contributed by atoms with Crippen molar-refractivity contribution in [2.75, 3.05) is 5.32 Å². The van der Waals surface area contributed by atoms with Gasteiger partial charge in [-0.05, 0) is 36.6 Å². The van der Waals surface area contributed by atoms with E-state index in [1.165, 1.54) is 23.5 Å². The number of benzene rings is 1. The van der Waals surface area contributed by atoms with Gasteiger partial charge < -0.3 is 5.32 Å². The largest absolute Gasteiger partial charge is 0.344 e. The molecule has 0 aliphatic rings. The number of nitrogens with one attached hydrogen (secondary N) is 2. The quantitative estimate of drug-likeness (QED) is 0.573. The fourth-order valence-corrected chi connectivity index (χ4v) is 3.40. The zero-order chi connectivity index (χ0) is 20.5. The van der Waals surface area contributed by atoms with Crippen molar-refractivity contribution in [3.05, 3.63) is 30.1 Å². The molecule has 28 heavy (non-hydrogen) atoms. The van der Waals surface area contributed by atoms with Crippen molar-refractivity contribution in [2.24, 2.45) is 5.92 Å². The Morgan fingerprint density at radius 1 is 1.14 bits per heavy atom. The van der Waals surface area contributed by atoms with Gasteiger partial charge in [-0.15, -0.1) is 10.2 Å². The lowest BCUT2D eigenvalue weighted by atomic mass is 9.98. The number of carbonyl (C=O) groups is 2. The number of carbonyl (C=O) groups excluding carboxylic acids is 2. The Hall–Kier alpha value is -2.35. The van der Waals surface area contributed by atoms with Crippen LogP contribution in [0.5, 0.6) is 0 Å². The Bertz CT molecular complexity index is 779. The molecule has 1 aromatic carbocycles. The Balaban J connectivity index is 2.02. The third kappa shape index (κ3) is 6.37. The van der Waals surface area contributed by atoms with E-state index in [0.29, 0.717) is 16.6 Å². The van der Waals surface area contributed by atoms with Gasteiger partial charge in [-0.2, -0.15) is 0 Å². The van der Waals surface area contributed by atoms with E-state index in [4.69, 9.17) is 0 Å². The second-order valence-electron chi connectivity index (χ2n) is 6.80. The molecule has 0 unspecified atom stereocenters. The number of amides is 2. The summed E-state index contributed by atoms with van der Waals surface area (Å²) in [5.41, 5.74) is 0.724. The van der Waals surface area contributed by atoms with Crippen LogP contribution in [0.3, 0.4) is 0 Å². The van der Waals surface area contributed by atoms with Crippen LogP contribution < -0.4 is 10.6 Å². The van der Waals surface area contributed by atoms with Crippen molar-refractivity contribution in [1.82, 2.24) is 15.5 Å². The predicted molar refractivity (Wildman–Crippen MR) is 109 cm³/mol. The highest BCUT2D eigenvalue weighted by atomic mass is 32.1. The zero-order valence-corrected chi connectivity index (χ0v) is 17.3. The van der Waals surface area contributed by atoms with Crippen LogP contribution in [0.15, 0.2) is 24.3 Å². The first-order valence-corrected chi connectivity index (χ1v) is 10.5. The Morgan fingerprint density at radius 3 is 2.50 bits per heavy atom. The van der Waals surface area contributed by atoms with Crippen molar-refractivity contribution in [2.45, 2.75) is 58.9 Å². The summed E-state index contributed by atoms with van der Waals surface area (Å²) in [5.74, 6) is -0.759. The summed E-state index contributed by atoms with van der Waals surface area (Å²) >= 11 is 1.20. The summed E-state index contributed by atoms with van der Waals surface area (Å²) in [5, 5.41) is 14.6. The molecular weight excluding hydrogens is 379 g/mol. The third-order valence-electron chi connectivity index (χ3n) is 4.57. The van der Waals surface area contributed by atoms with Crippen molar-refractivity contribution >= 4 is 28.3 Å². The first-order chi connectivity index (χ1) is 13.4. The van der Waals surface area contributed by atoms with Crippen LogP contribution in [0.1, 0.15) is 52.9 Å². The first kappa shape index (κ1) is 21.9. The van der Waals surface area contributed by atoms with Gasteiger partial charge in [-0.1, -0.05) is 51.4 Å². The third-order valence-corrected chi connectivity index (χ3v) is 5.45. The molecule has 0 aliphatic heterocycles. The van der Waals surface area contributed by atoms with Crippen LogP contribution in [0.2, 0.25) is 0 Å². The molecule has 2 atom stereocenters. The highest BCUT2D eigenvalue weighted by Gasteiger charge is 2.26. The van der Waals surface area contributed by atoms with Gasteiger partial charge >= 0.3 is 0 Å². The second-order valence-corrected chi connectivity index (χ2v) is 7.77. The average Bonchev–Trinajstić information content (AvgIpc) is 3.14. The molecule has 2 N–H and O–H groups in total. The van der Waals surface area contributed by atoms with Gasteiger partial charge in [0.15, 0.2) is 0 Å². The van der Waals surface area contributed by atoms with Crippen LogP contribution >= 0.6 is 11.3 Å². The summed E-state index contributed by atoms with van der Waals surface area (Å²) < 4.78 is 13.1. The van der Waals surface area contributed by atoms with E-state index in [9.17, 15) is 14.0 Å². The topological polar surface area (TPSA) is 84.0 Å². The van der Waals surface area contributed by atoms with Crippen molar-refractivity contribution in [1.29, 1.82) is 0 Å². The van der Waals surface area contributed by atoms with E-state index in [0.717, 1.165) is 31.2 Å². The van der Waals surface area contributed by atoms with Gasteiger partial charge in [0, 0.05) is 12.0 Å². The second kappa shape index (κ2) is 10.8. The van der Waals surface area contributed by atoms with E-state index in [1.807, 2.05) is 13.8 Å². The lowest BCUT2D eigenvalue weighted by Gasteiger charge is -2.23. The van der Waals surface area contributed by atoms with Gasteiger partial charge in [0.2, 0.25) is 16.9 Å². The van der Waals surface area contributed by atoms with Crippen molar-refractivity contribution in [3.8, 4) is 10.6 Å². The predicted octanol–water partition coefficient (Wildman–Crippen LogP) is 4.39. The number of hydrogen-bond donors (Lipinski definition) is 2. The number of aromatic nitrogens is 2. The fraction of sp³-hybridized carbons (Fsp3) is 0.500. The van der Waals surface area contributed by atoms with Crippen molar-refractivity contribution < 1.29 is 14.0 Å². The van der Waals surface area contributed by atoms with Gasteiger partial charge in [0.05, 0.1) is 0 Å². The molecule has 0 spiro atoms. The molecule has 0 fully saturated rings. The number of nitrogens with zero attached hydrogens (tertiary/aromatic N) is 2. The van der Waals surface area contributed by atoms with E-state index in [1.54, 1.807) is 12.1 Å². The van der Waals surface area contributed by atoms with Crippen LogP contribution in [0.4, 0.5) is 9.52 Å². The Morgan fingerprint density at radius 2 is 1.86 bits per heavy atom. The highest BCUT2D eigenvalue weighted by Crippen LogP contribution is 2.26. The smallest absolute Gasteiger partial charge is 0.249 e. The number of anilines is 1. The van der Waals surface area contributed by atoms with Crippen molar-refractivity contribution in [3.63, 3.8) is 0 Å². The molecule has 0 saturated heterocycles. The standard InChI is InChI=1S/C20H27FN4O2S/c1-4-6-7-8-16(26)22-17(13(3)5-2)18(27)23-20-25-24-19(28-20)14-9-11-15(21)12-10-14/h9-13,17H,4-8H2,1-3H3,(H,22,26)(H,23,25,27)/t13-,17+/m0/s1. The molecule has 6 nitrogen and oxygen atoms in total. The van der Waals surface area contributed by atoms with Crippen LogP contribution in [0.25, 0.3) is 10.6 Å². The molecule has 152 valence electrons. The number of halogens is 1. The van der Waals surface area contributed by atoms with E-state index in [2.05, 4.69) is 27.8 Å². The summed E-state index contributed by atoms with van der Waals surface area (Å²) in [6.07, 6.45) is 4.01. The zero-order valence-electron chi connectivity index (χ0n) is 16.5. The normalized spacial score (nSPS) is 13.0. The first-order valence-electron chi connectivity index (χ1n) is 9.64. The minimum Gasteiger partial charge on any atom is -0.344 e. The van der Waals surface area contributed by atoms with E-state index >= 15 is 0 Å². The summed E-state index contributed by atoms with van der Waals surface area (Å²) in [4.78, 5) is 24.9. The van der Waals surface area contributed by atoms with Crippen LogP contribution in [-0.4, -0.2) is 28.1 Å². The SMILES string of the molecule is CCCCCC(=O)N[C@@H](C(=O)Nc1nnc(-c2ccc(F)cc2)s1)[C@@H](C)CC. The molecule has 1 heterocycles.